The Morgan fingerprint density at radius 2 is 2.13 bits per heavy atom. The summed E-state index contributed by atoms with van der Waals surface area (Å²) in [6.45, 7) is 7.87. The highest BCUT2D eigenvalue weighted by molar-refractivity contribution is 5.82. The van der Waals surface area contributed by atoms with E-state index in [-0.39, 0.29) is 5.69 Å². The van der Waals surface area contributed by atoms with Crippen LogP contribution in [0.25, 0.3) is 10.9 Å². The lowest BCUT2D eigenvalue weighted by Gasteiger charge is -2.19. The molecule has 1 amide bonds. The van der Waals surface area contributed by atoms with Crippen molar-refractivity contribution in [3.63, 3.8) is 0 Å². The summed E-state index contributed by atoms with van der Waals surface area (Å²) in [6, 6.07) is 3.20. The van der Waals surface area contributed by atoms with Crippen molar-refractivity contribution in [1.82, 2.24) is 15.1 Å². The molecule has 0 saturated heterocycles. The summed E-state index contributed by atoms with van der Waals surface area (Å²) in [5.74, 6) is 0. The molecule has 2 aromatic rings. The predicted molar refractivity (Wildman–Crippen MR) is 85.4 cm³/mol. The number of fused-ring (bicyclic) bond motifs is 1. The molecule has 0 atom stereocenters. The quantitative estimate of drug-likeness (QED) is 0.689. The number of nitrogens with one attached hydrogen (secondary N) is 1. The maximum Gasteiger partial charge on any atom is 0.407 e. The molecule has 0 unspecified atom stereocenters. The van der Waals surface area contributed by atoms with Crippen LogP contribution in [0.3, 0.4) is 0 Å². The van der Waals surface area contributed by atoms with E-state index in [1.54, 1.807) is 44.6 Å². The number of hydrogen-bond donors (Lipinski definition) is 1. The Kier molecular flexibility index (Phi) is 4.53. The molecular formula is C15H20N4O4. The van der Waals surface area contributed by atoms with Crippen LogP contribution in [-0.4, -0.2) is 32.9 Å². The average molecular weight is 320 g/mol. The summed E-state index contributed by atoms with van der Waals surface area (Å²) >= 11 is 0. The second kappa shape index (κ2) is 6.23. The molecule has 0 radical (unpaired) electrons. The van der Waals surface area contributed by atoms with Gasteiger partial charge in [0.25, 0.3) is 5.69 Å². The van der Waals surface area contributed by atoms with E-state index >= 15 is 0 Å². The van der Waals surface area contributed by atoms with Gasteiger partial charge < -0.3 is 10.1 Å². The number of amides is 1. The van der Waals surface area contributed by atoms with Gasteiger partial charge in [-0.25, -0.2) is 4.79 Å². The standard InChI is InChI=1S/C15H20N4O4/c1-10-7-11-9-18(17-12(11)8-13(10)19(21)22)6-5-16-14(20)23-15(2,3)4/h7-9H,5-6H2,1-4H3,(H,16,20). The summed E-state index contributed by atoms with van der Waals surface area (Å²) in [7, 11) is 0. The zero-order valence-corrected chi connectivity index (χ0v) is 13.6. The lowest BCUT2D eigenvalue weighted by atomic mass is 10.1. The number of nitro groups is 1. The highest BCUT2D eigenvalue weighted by atomic mass is 16.6. The number of aryl methyl sites for hydroxylation is 1. The second-order valence-electron chi connectivity index (χ2n) is 6.28. The van der Waals surface area contributed by atoms with Crippen LogP contribution in [0.5, 0.6) is 0 Å². The molecule has 0 aliphatic rings. The molecule has 124 valence electrons. The number of rotatable bonds is 4. The van der Waals surface area contributed by atoms with Gasteiger partial charge in [0.1, 0.15) is 5.60 Å². The number of hydrogen-bond acceptors (Lipinski definition) is 5. The fourth-order valence-corrected chi connectivity index (χ4v) is 2.12. The van der Waals surface area contributed by atoms with Gasteiger partial charge in [0.15, 0.2) is 0 Å². The van der Waals surface area contributed by atoms with Gasteiger partial charge in [0.2, 0.25) is 0 Å². The molecule has 1 heterocycles. The van der Waals surface area contributed by atoms with Crippen LogP contribution < -0.4 is 5.32 Å². The molecule has 1 aromatic heterocycles. The lowest BCUT2D eigenvalue weighted by Crippen LogP contribution is -2.34. The van der Waals surface area contributed by atoms with Crippen LogP contribution in [0.2, 0.25) is 0 Å². The minimum atomic E-state index is -0.541. The number of nitro benzene ring substituents is 1. The minimum Gasteiger partial charge on any atom is -0.444 e. The first-order valence-corrected chi connectivity index (χ1v) is 7.25. The van der Waals surface area contributed by atoms with E-state index in [0.29, 0.717) is 24.2 Å². The van der Waals surface area contributed by atoms with Crippen molar-refractivity contribution in [3.05, 3.63) is 34.0 Å². The maximum atomic E-state index is 11.5. The van der Waals surface area contributed by atoms with Crippen LogP contribution in [0.1, 0.15) is 26.3 Å². The maximum absolute atomic E-state index is 11.5. The number of carbonyl (C=O) groups is 1. The molecule has 8 nitrogen and oxygen atoms in total. The summed E-state index contributed by atoms with van der Waals surface area (Å²) < 4.78 is 6.78. The molecule has 1 N–H and O–H groups in total. The first kappa shape index (κ1) is 16.7. The third-order valence-electron chi connectivity index (χ3n) is 3.08. The monoisotopic (exact) mass is 320 g/mol. The Labute approximate surface area is 133 Å². The van der Waals surface area contributed by atoms with Crippen LogP contribution in [-0.2, 0) is 11.3 Å². The normalized spacial score (nSPS) is 11.5. The zero-order valence-electron chi connectivity index (χ0n) is 13.6. The SMILES string of the molecule is Cc1cc2cn(CCNC(=O)OC(C)(C)C)nc2cc1[N+](=O)[O-]. The van der Waals surface area contributed by atoms with Crippen LogP contribution >= 0.6 is 0 Å². The molecule has 0 aliphatic carbocycles. The molecular weight excluding hydrogens is 300 g/mol. The Bertz CT molecular complexity index is 746. The number of alkyl carbamates (subject to hydrolysis) is 1. The number of nitrogens with zero attached hydrogens (tertiary/aromatic N) is 3. The van der Waals surface area contributed by atoms with Crippen molar-refractivity contribution in [2.24, 2.45) is 0 Å². The van der Waals surface area contributed by atoms with E-state index in [2.05, 4.69) is 10.4 Å². The highest BCUT2D eigenvalue weighted by Gasteiger charge is 2.16. The van der Waals surface area contributed by atoms with Crippen molar-refractivity contribution >= 4 is 22.7 Å². The van der Waals surface area contributed by atoms with Gasteiger partial charge in [-0.05, 0) is 33.8 Å². The summed E-state index contributed by atoms with van der Waals surface area (Å²) in [5.41, 5.74) is 0.657. The first-order valence-electron chi connectivity index (χ1n) is 7.25. The molecule has 1 aromatic carbocycles. The largest absolute Gasteiger partial charge is 0.444 e. The molecule has 0 saturated carbocycles. The molecule has 0 spiro atoms. The van der Waals surface area contributed by atoms with Gasteiger partial charge in [-0.2, -0.15) is 5.10 Å². The fraction of sp³-hybridized carbons (Fsp3) is 0.467. The van der Waals surface area contributed by atoms with E-state index < -0.39 is 16.6 Å². The lowest BCUT2D eigenvalue weighted by molar-refractivity contribution is -0.385. The van der Waals surface area contributed by atoms with E-state index in [1.807, 2.05) is 0 Å². The van der Waals surface area contributed by atoms with Gasteiger partial charge in [-0.3, -0.25) is 14.8 Å². The van der Waals surface area contributed by atoms with Crippen molar-refractivity contribution in [3.8, 4) is 0 Å². The molecule has 2 rings (SSSR count). The number of benzene rings is 1. The van der Waals surface area contributed by atoms with E-state index in [4.69, 9.17) is 4.74 Å². The zero-order chi connectivity index (χ0) is 17.2. The summed E-state index contributed by atoms with van der Waals surface area (Å²) in [4.78, 5) is 22.1. The van der Waals surface area contributed by atoms with Gasteiger partial charge in [-0.15, -0.1) is 0 Å². The number of ether oxygens (including phenoxy) is 1. The Morgan fingerprint density at radius 1 is 1.43 bits per heavy atom. The van der Waals surface area contributed by atoms with Crippen LogP contribution in [0, 0.1) is 17.0 Å². The topological polar surface area (TPSA) is 99.3 Å². The van der Waals surface area contributed by atoms with Crippen molar-refractivity contribution in [2.75, 3.05) is 6.54 Å². The van der Waals surface area contributed by atoms with Gasteiger partial charge in [0, 0.05) is 29.8 Å². The predicted octanol–water partition coefficient (Wildman–Crippen LogP) is 2.78. The van der Waals surface area contributed by atoms with E-state index in [1.165, 1.54) is 6.07 Å². The number of aromatic nitrogens is 2. The molecule has 8 heteroatoms. The van der Waals surface area contributed by atoms with Gasteiger partial charge in [-0.1, -0.05) is 0 Å². The Morgan fingerprint density at radius 3 is 2.74 bits per heavy atom. The summed E-state index contributed by atoms with van der Waals surface area (Å²) in [5, 5.41) is 18.7. The van der Waals surface area contributed by atoms with E-state index in [0.717, 1.165) is 5.39 Å². The minimum absolute atomic E-state index is 0.0506. The van der Waals surface area contributed by atoms with Crippen molar-refractivity contribution < 1.29 is 14.5 Å². The second-order valence-corrected chi connectivity index (χ2v) is 6.28. The third kappa shape index (κ3) is 4.41. The van der Waals surface area contributed by atoms with Crippen LogP contribution in [0.4, 0.5) is 10.5 Å². The Balaban J connectivity index is 2.02. The molecule has 23 heavy (non-hydrogen) atoms. The molecule has 0 bridgehead atoms. The highest BCUT2D eigenvalue weighted by Crippen LogP contribution is 2.24. The third-order valence-corrected chi connectivity index (χ3v) is 3.08. The van der Waals surface area contributed by atoms with Gasteiger partial charge in [0.05, 0.1) is 17.0 Å². The first-order chi connectivity index (χ1) is 10.7. The van der Waals surface area contributed by atoms with Crippen LogP contribution in [0.15, 0.2) is 18.3 Å². The van der Waals surface area contributed by atoms with E-state index in [9.17, 15) is 14.9 Å². The number of carbonyl (C=O) groups excluding carboxylic acids is 1. The molecule has 0 aliphatic heterocycles. The fourth-order valence-electron chi connectivity index (χ4n) is 2.12. The Hall–Kier alpha value is -2.64. The van der Waals surface area contributed by atoms with Crippen molar-refractivity contribution in [2.45, 2.75) is 39.8 Å². The van der Waals surface area contributed by atoms with Crippen molar-refractivity contribution in [1.29, 1.82) is 0 Å². The molecule has 0 fully saturated rings. The van der Waals surface area contributed by atoms with Gasteiger partial charge >= 0.3 is 6.09 Å². The summed E-state index contributed by atoms with van der Waals surface area (Å²) in [6.07, 6.45) is 1.31. The average Bonchev–Trinajstić information content (AvgIpc) is 2.76. The smallest absolute Gasteiger partial charge is 0.407 e.